The maximum atomic E-state index is 14.3. The van der Waals surface area contributed by atoms with Crippen molar-refractivity contribution in [1.29, 1.82) is 0 Å². The van der Waals surface area contributed by atoms with E-state index in [1.54, 1.807) is 24.3 Å². The van der Waals surface area contributed by atoms with Gasteiger partial charge in [0.1, 0.15) is 12.4 Å². The van der Waals surface area contributed by atoms with Gasteiger partial charge in [-0.25, -0.2) is 13.6 Å². The third-order valence-corrected chi connectivity index (χ3v) is 7.23. The van der Waals surface area contributed by atoms with Crippen molar-refractivity contribution < 1.29 is 28.3 Å². The van der Waals surface area contributed by atoms with Crippen LogP contribution in [0.5, 0.6) is 5.75 Å². The van der Waals surface area contributed by atoms with Crippen LogP contribution in [0.15, 0.2) is 48.5 Å². The number of anilines is 1. The number of hydrogen-bond acceptors (Lipinski definition) is 4. The first-order valence-electron chi connectivity index (χ1n) is 12.5. The SMILES string of the molecule is CCOc1cc2c(c(NOCc3cccc(F)c3F)c1-c1ccc(C(=O)O)cc1)C(C)(C)CCC2(C)C. The molecule has 5 nitrogen and oxygen atoms in total. The molecule has 2 N–H and O–H groups in total. The van der Waals surface area contributed by atoms with E-state index in [2.05, 4.69) is 39.2 Å². The van der Waals surface area contributed by atoms with Crippen molar-refractivity contribution in [3.05, 3.63) is 82.4 Å². The highest BCUT2D eigenvalue weighted by Crippen LogP contribution is 2.54. The van der Waals surface area contributed by atoms with E-state index in [1.807, 2.05) is 6.92 Å². The van der Waals surface area contributed by atoms with Crippen molar-refractivity contribution >= 4 is 11.7 Å². The fraction of sp³-hybridized carbons (Fsp3) is 0.367. The lowest BCUT2D eigenvalue weighted by Crippen LogP contribution is -2.35. The second-order valence-corrected chi connectivity index (χ2v) is 10.7. The average molecular weight is 510 g/mol. The van der Waals surface area contributed by atoms with Gasteiger partial charge in [-0.15, -0.1) is 0 Å². The molecule has 196 valence electrons. The van der Waals surface area contributed by atoms with Gasteiger partial charge in [-0.05, 0) is 71.6 Å². The molecule has 1 aliphatic carbocycles. The van der Waals surface area contributed by atoms with Crippen molar-refractivity contribution in [2.45, 2.75) is 64.9 Å². The summed E-state index contributed by atoms with van der Waals surface area (Å²) in [5.41, 5.74) is 7.33. The van der Waals surface area contributed by atoms with E-state index in [1.165, 1.54) is 12.1 Å². The van der Waals surface area contributed by atoms with Gasteiger partial charge < -0.3 is 9.84 Å². The van der Waals surface area contributed by atoms with Gasteiger partial charge >= 0.3 is 5.97 Å². The predicted molar refractivity (Wildman–Crippen MR) is 140 cm³/mol. The Morgan fingerprint density at radius 1 is 1.03 bits per heavy atom. The lowest BCUT2D eigenvalue weighted by Gasteiger charge is -2.43. The summed E-state index contributed by atoms with van der Waals surface area (Å²) in [7, 11) is 0. The summed E-state index contributed by atoms with van der Waals surface area (Å²) < 4.78 is 34.1. The summed E-state index contributed by atoms with van der Waals surface area (Å²) in [6.45, 7) is 10.9. The third kappa shape index (κ3) is 5.18. The second-order valence-electron chi connectivity index (χ2n) is 10.7. The molecular weight excluding hydrogens is 476 g/mol. The number of fused-ring (bicyclic) bond motifs is 1. The van der Waals surface area contributed by atoms with Crippen LogP contribution >= 0.6 is 0 Å². The third-order valence-electron chi connectivity index (χ3n) is 7.23. The average Bonchev–Trinajstić information content (AvgIpc) is 2.84. The molecule has 0 radical (unpaired) electrons. The lowest BCUT2D eigenvalue weighted by molar-refractivity contribution is 0.0697. The Bertz CT molecular complexity index is 1320. The molecule has 7 heteroatoms. The van der Waals surface area contributed by atoms with Crippen LogP contribution in [-0.4, -0.2) is 17.7 Å². The fourth-order valence-corrected chi connectivity index (χ4v) is 5.06. The molecule has 0 fully saturated rings. The van der Waals surface area contributed by atoms with E-state index in [0.29, 0.717) is 18.0 Å². The summed E-state index contributed by atoms with van der Waals surface area (Å²) in [5.74, 6) is -2.25. The maximum absolute atomic E-state index is 14.3. The first-order chi connectivity index (χ1) is 17.5. The Morgan fingerprint density at radius 2 is 1.70 bits per heavy atom. The van der Waals surface area contributed by atoms with Gasteiger partial charge in [0.25, 0.3) is 0 Å². The molecule has 4 rings (SSSR count). The topological polar surface area (TPSA) is 67.8 Å². The van der Waals surface area contributed by atoms with Gasteiger partial charge in [-0.2, -0.15) is 0 Å². The van der Waals surface area contributed by atoms with E-state index in [9.17, 15) is 18.7 Å². The highest BCUT2D eigenvalue weighted by atomic mass is 19.2. The molecule has 0 atom stereocenters. The van der Waals surface area contributed by atoms with Gasteiger partial charge in [-0.3, -0.25) is 10.3 Å². The maximum Gasteiger partial charge on any atom is 0.335 e. The van der Waals surface area contributed by atoms with Gasteiger partial charge in [0.2, 0.25) is 0 Å². The van der Waals surface area contributed by atoms with E-state index >= 15 is 0 Å². The predicted octanol–water partition coefficient (Wildman–Crippen LogP) is 7.62. The van der Waals surface area contributed by atoms with Gasteiger partial charge in [-0.1, -0.05) is 52.0 Å². The molecule has 0 heterocycles. The van der Waals surface area contributed by atoms with Gasteiger partial charge in [0.15, 0.2) is 11.6 Å². The number of carboxylic acids is 1. The normalized spacial score (nSPS) is 15.6. The number of ether oxygens (including phenoxy) is 1. The molecule has 0 amide bonds. The summed E-state index contributed by atoms with van der Waals surface area (Å²) in [6.07, 6.45) is 1.92. The molecular formula is C30H33F2NO4. The Labute approximate surface area is 216 Å². The van der Waals surface area contributed by atoms with Crippen LogP contribution in [0.1, 0.15) is 74.5 Å². The number of halogens is 2. The highest BCUT2D eigenvalue weighted by molar-refractivity contribution is 5.91. The van der Waals surface area contributed by atoms with Crippen LogP contribution in [0.3, 0.4) is 0 Å². The molecule has 0 saturated heterocycles. The van der Waals surface area contributed by atoms with Crippen LogP contribution in [-0.2, 0) is 22.3 Å². The number of aromatic carboxylic acids is 1. The minimum atomic E-state index is -1.01. The second kappa shape index (κ2) is 10.1. The summed E-state index contributed by atoms with van der Waals surface area (Å²) in [5, 5.41) is 9.38. The minimum absolute atomic E-state index is 0.0919. The van der Waals surface area contributed by atoms with Crippen LogP contribution < -0.4 is 10.2 Å². The number of hydrogen-bond donors (Lipinski definition) is 2. The molecule has 3 aromatic carbocycles. The first kappa shape index (κ1) is 26.6. The van der Waals surface area contributed by atoms with E-state index in [4.69, 9.17) is 9.57 Å². The zero-order valence-corrected chi connectivity index (χ0v) is 21.9. The molecule has 0 bridgehead atoms. The minimum Gasteiger partial charge on any atom is -0.493 e. The van der Waals surface area contributed by atoms with Crippen molar-refractivity contribution in [2.24, 2.45) is 0 Å². The van der Waals surface area contributed by atoms with Crippen LogP contribution in [0.4, 0.5) is 14.5 Å². The molecule has 0 aromatic heterocycles. The molecule has 0 saturated carbocycles. The van der Waals surface area contributed by atoms with E-state index in [-0.39, 0.29) is 28.6 Å². The number of carboxylic acid groups (broad SMARTS) is 1. The van der Waals surface area contributed by atoms with Gasteiger partial charge in [0, 0.05) is 11.1 Å². The number of carbonyl (C=O) groups is 1. The standard InChI is InChI=1S/C30H33F2NO4/c1-6-36-23-16-21-25(30(4,5)15-14-29(21,2)3)27(24(23)18-10-12-19(13-11-18)28(34)35)33-37-17-20-8-7-9-22(31)26(20)32/h7-13,16,33H,6,14-15,17H2,1-5H3,(H,34,35). The number of rotatable bonds is 8. The van der Waals surface area contributed by atoms with Crippen molar-refractivity contribution in [3.63, 3.8) is 0 Å². The molecule has 0 aliphatic heterocycles. The first-order valence-corrected chi connectivity index (χ1v) is 12.5. The van der Waals surface area contributed by atoms with Crippen LogP contribution in [0, 0.1) is 11.6 Å². The summed E-state index contributed by atoms with van der Waals surface area (Å²) in [4.78, 5) is 17.3. The highest BCUT2D eigenvalue weighted by Gasteiger charge is 2.41. The number of nitrogens with one attached hydrogen (secondary N) is 1. The fourth-order valence-electron chi connectivity index (χ4n) is 5.06. The van der Waals surface area contributed by atoms with Crippen LogP contribution in [0.25, 0.3) is 11.1 Å². The van der Waals surface area contributed by atoms with E-state index < -0.39 is 17.6 Å². The summed E-state index contributed by atoms with van der Waals surface area (Å²) >= 11 is 0. The zero-order chi connectivity index (χ0) is 27.0. The lowest BCUT2D eigenvalue weighted by atomic mass is 9.62. The number of benzene rings is 3. The molecule has 0 spiro atoms. The Kier molecular flexibility index (Phi) is 7.29. The zero-order valence-electron chi connectivity index (χ0n) is 21.9. The van der Waals surface area contributed by atoms with Gasteiger partial charge in [0.05, 0.1) is 17.9 Å². The molecule has 3 aromatic rings. The largest absolute Gasteiger partial charge is 0.493 e. The Balaban J connectivity index is 1.89. The van der Waals surface area contributed by atoms with Crippen molar-refractivity contribution in [1.82, 2.24) is 0 Å². The van der Waals surface area contributed by atoms with Crippen molar-refractivity contribution in [3.8, 4) is 16.9 Å². The molecule has 0 unspecified atom stereocenters. The Hall–Kier alpha value is -3.45. The molecule has 1 aliphatic rings. The molecule has 37 heavy (non-hydrogen) atoms. The summed E-state index contributed by atoms with van der Waals surface area (Å²) in [6, 6.07) is 12.7. The monoisotopic (exact) mass is 509 g/mol. The van der Waals surface area contributed by atoms with E-state index in [0.717, 1.165) is 41.2 Å². The Morgan fingerprint density at radius 3 is 2.35 bits per heavy atom. The smallest absolute Gasteiger partial charge is 0.335 e. The quantitative estimate of drug-likeness (QED) is 0.306. The van der Waals surface area contributed by atoms with Crippen molar-refractivity contribution in [2.75, 3.05) is 12.1 Å². The van der Waals surface area contributed by atoms with Crippen LogP contribution in [0.2, 0.25) is 0 Å².